The molecule has 0 fully saturated rings. The van der Waals surface area contributed by atoms with Crippen molar-refractivity contribution in [2.75, 3.05) is 18.1 Å². The number of alkyl halides is 2. The summed E-state index contributed by atoms with van der Waals surface area (Å²) in [5.74, 6) is 0.166. The molecule has 0 radical (unpaired) electrons. The van der Waals surface area contributed by atoms with Crippen molar-refractivity contribution in [3.8, 4) is 0 Å². The van der Waals surface area contributed by atoms with Gasteiger partial charge in [-0.1, -0.05) is 13.8 Å². The Labute approximate surface area is 100 Å². The molecule has 0 aromatic carbocycles. The Balaban J connectivity index is 3.08. The van der Waals surface area contributed by atoms with Crippen LogP contribution in [0.25, 0.3) is 0 Å². The number of nitrogens with one attached hydrogen (secondary N) is 1. The van der Waals surface area contributed by atoms with Gasteiger partial charge in [0.25, 0.3) is 0 Å². The summed E-state index contributed by atoms with van der Waals surface area (Å²) < 4.78 is 25.1. The second kappa shape index (κ2) is 5.80. The van der Waals surface area contributed by atoms with Crippen molar-refractivity contribution in [1.29, 1.82) is 0 Å². The molecule has 96 valence electrons. The van der Waals surface area contributed by atoms with Crippen LogP contribution >= 0.6 is 0 Å². The molecule has 1 aromatic rings. The number of hydrogen-bond acceptors (Lipinski definition) is 3. The number of nitrogens with zero attached hydrogens (tertiary/aromatic N) is 1. The van der Waals surface area contributed by atoms with Crippen molar-refractivity contribution in [2.45, 2.75) is 32.6 Å². The summed E-state index contributed by atoms with van der Waals surface area (Å²) in [6, 6.07) is 1.80. The summed E-state index contributed by atoms with van der Waals surface area (Å²) in [5.41, 5.74) is 7.26. The molecule has 0 aliphatic carbocycles. The first-order valence-electron chi connectivity index (χ1n) is 5.67. The predicted octanol–water partition coefficient (Wildman–Crippen LogP) is 3.10. The molecule has 0 amide bonds. The Kier molecular flexibility index (Phi) is 4.66. The van der Waals surface area contributed by atoms with E-state index in [0.717, 1.165) is 5.69 Å². The van der Waals surface area contributed by atoms with Gasteiger partial charge in [0.05, 0.1) is 11.9 Å². The van der Waals surface area contributed by atoms with Crippen molar-refractivity contribution in [1.82, 2.24) is 4.98 Å². The van der Waals surface area contributed by atoms with Gasteiger partial charge < -0.3 is 11.1 Å². The molecule has 17 heavy (non-hydrogen) atoms. The number of hydrogen-bond donors (Lipinski definition) is 2. The molecule has 1 atom stereocenters. The quantitative estimate of drug-likeness (QED) is 0.835. The zero-order chi connectivity index (χ0) is 13.0. The molecule has 0 saturated carbocycles. The van der Waals surface area contributed by atoms with Crippen LogP contribution in [-0.4, -0.2) is 18.5 Å². The summed E-state index contributed by atoms with van der Waals surface area (Å²) >= 11 is 0. The van der Waals surface area contributed by atoms with Gasteiger partial charge >= 0.3 is 0 Å². The second-order valence-electron chi connectivity index (χ2n) is 4.43. The van der Waals surface area contributed by atoms with Crippen molar-refractivity contribution < 1.29 is 8.78 Å². The molecule has 0 saturated heterocycles. The van der Waals surface area contributed by atoms with E-state index >= 15 is 0 Å². The van der Waals surface area contributed by atoms with Crippen molar-refractivity contribution in [2.24, 2.45) is 5.92 Å². The van der Waals surface area contributed by atoms with Crippen LogP contribution in [0.15, 0.2) is 12.3 Å². The zero-order valence-corrected chi connectivity index (χ0v) is 10.4. The number of aromatic nitrogens is 1. The Morgan fingerprint density at radius 2 is 2.06 bits per heavy atom. The van der Waals surface area contributed by atoms with Crippen molar-refractivity contribution >= 4 is 11.5 Å². The van der Waals surface area contributed by atoms with Gasteiger partial charge in [-0.25, -0.2) is 13.8 Å². The fraction of sp³-hybridized carbons (Fsp3) is 0.583. The van der Waals surface area contributed by atoms with Gasteiger partial charge in [0.2, 0.25) is 6.43 Å². The molecule has 1 heterocycles. The molecule has 1 rings (SSSR count). The summed E-state index contributed by atoms with van der Waals surface area (Å²) in [4.78, 5) is 4.03. The summed E-state index contributed by atoms with van der Waals surface area (Å²) in [6.07, 6.45) is -0.921. The average molecular weight is 243 g/mol. The van der Waals surface area contributed by atoms with E-state index in [-0.39, 0.29) is 18.3 Å². The van der Waals surface area contributed by atoms with Crippen LogP contribution < -0.4 is 11.1 Å². The molecule has 3 N–H and O–H groups in total. The molecule has 5 heteroatoms. The van der Waals surface area contributed by atoms with E-state index in [1.807, 2.05) is 13.8 Å². The van der Waals surface area contributed by atoms with Crippen LogP contribution in [0.3, 0.4) is 0 Å². The number of nitrogen functional groups attached to an aromatic ring is 1. The fourth-order valence-electron chi connectivity index (χ4n) is 1.88. The van der Waals surface area contributed by atoms with Gasteiger partial charge in [0, 0.05) is 13.5 Å². The highest BCUT2D eigenvalue weighted by molar-refractivity contribution is 5.52. The Hall–Kier alpha value is -1.39. The lowest BCUT2D eigenvalue weighted by Gasteiger charge is -2.22. The van der Waals surface area contributed by atoms with Crippen LogP contribution in [0.1, 0.15) is 31.7 Å². The number of halogens is 2. The fourth-order valence-corrected chi connectivity index (χ4v) is 1.88. The van der Waals surface area contributed by atoms with E-state index in [9.17, 15) is 8.78 Å². The minimum Gasteiger partial charge on any atom is -0.387 e. The van der Waals surface area contributed by atoms with Gasteiger partial charge in [0.1, 0.15) is 5.82 Å². The summed E-state index contributed by atoms with van der Waals surface area (Å²) in [6.45, 7) is 3.83. The van der Waals surface area contributed by atoms with Gasteiger partial charge in [-0.2, -0.15) is 0 Å². The van der Waals surface area contributed by atoms with Crippen LogP contribution in [0.2, 0.25) is 0 Å². The summed E-state index contributed by atoms with van der Waals surface area (Å²) in [5, 5.41) is 2.94. The largest absolute Gasteiger partial charge is 0.387 e. The minimum atomic E-state index is -2.33. The molecular weight excluding hydrogens is 224 g/mol. The first-order valence-corrected chi connectivity index (χ1v) is 5.67. The Morgan fingerprint density at radius 3 is 2.53 bits per heavy atom. The SMILES string of the molecule is CNc1cnc(N)c(C(CC(F)F)C(C)C)c1. The molecule has 0 aliphatic rings. The number of rotatable bonds is 5. The third kappa shape index (κ3) is 3.54. The molecule has 1 unspecified atom stereocenters. The standard InChI is InChI=1S/C12H19F2N3/c1-7(2)9(5-11(13)14)10-4-8(16-3)6-17-12(10)15/h4,6-7,9,11,16H,5H2,1-3H3,(H2,15,17). The highest BCUT2D eigenvalue weighted by Crippen LogP contribution is 2.34. The maximum absolute atomic E-state index is 12.6. The molecule has 0 spiro atoms. The lowest BCUT2D eigenvalue weighted by molar-refractivity contribution is 0.120. The Bertz CT molecular complexity index is 367. The maximum Gasteiger partial charge on any atom is 0.239 e. The lowest BCUT2D eigenvalue weighted by atomic mass is 9.86. The van der Waals surface area contributed by atoms with Gasteiger partial charge in [0.15, 0.2) is 0 Å². The predicted molar refractivity (Wildman–Crippen MR) is 66.4 cm³/mol. The second-order valence-corrected chi connectivity index (χ2v) is 4.43. The van der Waals surface area contributed by atoms with Crippen LogP contribution in [0.5, 0.6) is 0 Å². The topological polar surface area (TPSA) is 50.9 Å². The van der Waals surface area contributed by atoms with Crippen molar-refractivity contribution in [3.05, 3.63) is 17.8 Å². The normalized spacial score (nSPS) is 13.1. The third-order valence-electron chi connectivity index (χ3n) is 2.87. The van der Waals surface area contributed by atoms with Gasteiger partial charge in [-0.05, 0) is 23.5 Å². The molecular formula is C12H19F2N3. The number of pyridine rings is 1. The zero-order valence-electron chi connectivity index (χ0n) is 10.4. The molecule has 0 bridgehead atoms. The van der Waals surface area contributed by atoms with Crippen LogP contribution in [0.4, 0.5) is 20.3 Å². The van der Waals surface area contributed by atoms with E-state index < -0.39 is 6.43 Å². The first-order chi connectivity index (χ1) is 7.95. The Morgan fingerprint density at radius 1 is 1.41 bits per heavy atom. The van der Waals surface area contributed by atoms with E-state index in [1.165, 1.54) is 0 Å². The highest BCUT2D eigenvalue weighted by Gasteiger charge is 2.23. The maximum atomic E-state index is 12.6. The molecule has 3 nitrogen and oxygen atoms in total. The van der Waals surface area contributed by atoms with Crippen LogP contribution in [0, 0.1) is 5.92 Å². The number of nitrogens with two attached hydrogens (primary N) is 1. The van der Waals surface area contributed by atoms with Gasteiger partial charge in [-0.15, -0.1) is 0 Å². The lowest BCUT2D eigenvalue weighted by Crippen LogP contribution is -2.14. The monoisotopic (exact) mass is 243 g/mol. The van der Waals surface area contributed by atoms with E-state index in [1.54, 1.807) is 19.3 Å². The van der Waals surface area contributed by atoms with E-state index in [4.69, 9.17) is 5.73 Å². The van der Waals surface area contributed by atoms with E-state index in [2.05, 4.69) is 10.3 Å². The first kappa shape index (κ1) is 13.7. The highest BCUT2D eigenvalue weighted by atomic mass is 19.3. The molecule has 1 aromatic heterocycles. The third-order valence-corrected chi connectivity index (χ3v) is 2.87. The number of anilines is 2. The summed E-state index contributed by atoms with van der Waals surface area (Å²) in [7, 11) is 1.76. The van der Waals surface area contributed by atoms with Crippen molar-refractivity contribution in [3.63, 3.8) is 0 Å². The van der Waals surface area contributed by atoms with E-state index in [0.29, 0.717) is 11.4 Å². The average Bonchev–Trinajstić information content (AvgIpc) is 2.26. The van der Waals surface area contributed by atoms with Crippen LogP contribution in [-0.2, 0) is 0 Å². The minimum absolute atomic E-state index is 0.0974. The molecule has 0 aliphatic heterocycles. The van der Waals surface area contributed by atoms with Gasteiger partial charge in [-0.3, -0.25) is 0 Å². The smallest absolute Gasteiger partial charge is 0.239 e.